The number of rotatable bonds is 6. The first-order chi connectivity index (χ1) is 14.8. The summed E-state index contributed by atoms with van der Waals surface area (Å²) >= 11 is 0. The van der Waals surface area contributed by atoms with Crippen molar-refractivity contribution in [2.45, 2.75) is 25.3 Å². The number of nitrogens with one attached hydrogen (secondary N) is 1. The van der Waals surface area contributed by atoms with E-state index in [1.54, 1.807) is 0 Å². The third-order valence-electron chi connectivity index (χ3n) is 5.40. The van der Waals surface area contributed by atoms with Crippen molar-refractivity contribution in [1.82, 2.24) is 10.2 Å². The number of likely N-dealkylation sites (tertiary alicyclic amines) is 1. The maximum Gasteiger partial charge on any atom is 0.317 e. The molecule has 1 fully saturated rings. The maximum atomic E-state index is 12.9. The van der Waals surface area contributed by atoms with Crippen LogP contribution >= 0.6 is 0 Å². The van der Waals surface area contributed by atoms with E-state index in [4.69, 9.17) is 20.6 Å². The lowest BCUT2D eigenvalue weighted by atomic mass is 10.0. The fraction of sp³-hybridized carbons (Fsp3) is 0.375. The number of fused-ring (bicyclic) bond motifs is 1. The van der Waals surface area contributed by atoms with Crippen LogP contribution in [-0.4, -0.2) is 43.8 Å². The molecule has 2 aliphatic heterocycles. The molecule has 6 nitrogen and oxygen atoms in total. The summed E-state index contributed by atoms with van der Waals surface area (Å²) in [4.78, 5) is 14.8. The first-order valence-electron chi connectivity index (χ1n) is 10.3. The molecular formula is C24H26N2O4. The van der Waals surface area contributed by atoms with Gasteiger partial charge in [-0.2, -0.15) is 0 Å². The number of carbonyl (C=O) groups is 1. The number of benzene rings is 2. The van der Waals surface area contributed by atoms with E-state index in [9.17, 15) is 4.79 Å². The smallest absolute Gasteiger partial charge is 0.317 e. The molecule has 6 heteroatoms. The SMILES string of the molecule is C#CCOc1ccc(CCNC(=O)N2CCCC2c2cccc3c2OCCO3)cc1. The van der Waals surface area contributed by atoms with Gasteiger partial charge in [0.1, 0.15) is 25.6 Å². The van der Waals surface area contributed by atoms with E-state index >= 15 is 0 Å². The van der Waals surface area contributed by atoms with E-state index < -0.39 is 0 Å². The van der Waals surface area contributed by atoms with Gasteiger partial charge in [0.2, 0.25) is 0 Å². The highest BCUT2D eigenvalue weighted by Crippen LogP contribution is 2.42. The molecule has 0 radical (unpaired) electrons. The van der Waals surface area contributed by atoms with Gasteiger partial charge in [-0.25, -0.2) is 4.79 Å². The molecule has 0 bridgehead atoms. The van der Waals surface area contributed by atoms with Gasteiger partial charge in [0.15, 0.2) is 11.5 Å². The molecule has 0 aromatic heterocycles. The minimum atomic E-state index is -0.0409. The van der Waals surface area contributed by atoms with Gasteiger partial charge in [-0.15, -0.1) is 6.42 Å². The van der Waals surface area contributed by atoms with Gasteiger partial charge in [0, 0.05) is 18.7 Å². The highest BCUT2D eigenvalue weighted by molar-refractivity contribution is 5.75. The highest BCUT2D eigenvalue weighted by Gasteiger charge is 2.33. The second kappa shape index (κ2) is 9.45. The topological polar surface area (TPSA) is 60.0 Å². The van der Waals surface area contributed by atoms with Crippen LogP contribution in [0.1, 0.15) is 30.0 Å². The van der Waals surface area contributed by atoms with Crippen LogP contribution in [0.2, 0.25) is 0 Å². The van der Waals surface area contributed by atoms with Crippen molar-refractivity contribution >= 4 is 6.03 Å². The van der Waals surface area contributed by atoms with Gasteiger partial charge in [-0.3, -0.25) is 0 Å². The summed E-state index contributed by atoms with van der Waals surface area (Å²) in [5.41, 5.74) is 2.16. The van der Waals surface area contributed by atoms with E-state index in [1.165, 1.54) is 0 Å². The van der Waals surface area contributed by atoms with Crippen LogP contribution in [0.15, 0.2) is 42.5 Å². The van der Waals surface area contributed by atoms with Gasteiger partial charge in [-0.05, 0) is 43.0 Å². The number of terminal acetylenes is 1. The molecule has 2 aliphatic rings. The third kappa shape index (κ3) is 4.46. The standard InChI is InChI=1S/C24H26N2O4/c1-2-15-28-19-10-8-18(9-11-19)12-13-25-24(27)26-14-4-6-21(26)20-5-3-7-22-23(20)30-17-16-29-22/h1,3,5,7-11,21H,4,6,12-17H2,(H,25,27). The summed E-state index contributed by atoms with van der Waals surface area (Å²) in [6, 6.07) is 13.7. The van der Waals surface area contributed by atoms with Crippen LogP contribution in [0, 0.1) is 12.3 Å². The first kappa shape index (κ1) is 20.0. The number of carbonyl (C=O) groups excluding carboxylic acids is 1. The predicted molar refractivity (Wildman–Crippen MR) is 114 cm³/mol. The molecule has 156 valence electrons. The Balaban J connectivity index is 1.34. The van der Waals surface area contributed by atoms with Gasteiger partial charge >= 0.3 is 6.03 Å². The van der Waals surface area contributed by atoms with Crippen molar-refractivity contribution in [2.24, 2.45) is 0 Å². The van der Waals surface area contributed by atoms with Crippen molar-refractivity contribution in [1.29, 1.82) is 0 Å². The number of para-hydroxylation sites is 1. The summed E-state index contributed by atoms with van der Waals surface area (Å²) in [5.74, 6) is 4.74. The zero-order valence-corrected chi connectivity index (χ0v) is 16.9. The lowest BCUT2D eigenvalue weighted by Crippen LogP contribution is -2.40. The molecule has 2 amide bonds. The Morgan fingerprint density at radius 2 is 2.03 bits per heavy atom. The molecule has 1 atom stereocenters. The second-order valence-electron chi connectivity index (χ2n) is 7.34. The largest absolute Gasteiger partial charge is 0.486 e. The van der Waals surface area contributed by atoms with Crippen molar-refractivity contribution in [3.05, 3.63) is 53.6 Å². The Morgan fingerprint density at radius 1 is 1.20 bits per heavy atom. The molecule has 4 rings (SSSR count). The number of hydrogen-bond acceptors (Lipinski definition) is 4. The molecule has 2 aromatic rings. The molecule has 1 saturated heterocycles. The second-order valence-corrected chi connectivity index (χ2v) is 7.34. The number of ether oxygens (including phenoxy) is 3. The van der Waals surface area contributed by atoms with Crippen molar-refractivity contribution in [3.63, 3.8) is 0 Å². The van der Waals surface area contributed by atoms with E-state index in [-0.39, 0.29) is 18.7 Å². The molecular weight excluding hydrogens is 380 g/mol. The number of hydrogen-bond donors (Lipinski definition) is 1. The molecule has 2 aromatic carbocycles. The summed E-state index contributed by atoms with van der Waals surface area (Å²) in [6.45, 7) is 2.66. The lowest BCUT2D eigenvalue weighted by molar-refractivity contribution is 0.163. The fourth-order valence-corrected chi connectivity index (χ4v) is 3.98. The third-order valence-corrected chi connectivity index (χ3v) is 5.40. The maximum absolute atomic E-state index is 12.9. The average molecular weight is 406 g/mol. The zero-order chi connectivity index (χ0) is 20.8. The quantitative estimate of drug-likeness (QED) is 0.746. The van der Waals surface area contributed by atoms with Crippen LogP contribution < -0.4 is 19.5 Å². The molecule has 0 aliphatic carbocycles. The Hall–Kier alpha value is -3.33. The minimum absolute atomic E-state index is 0.00855. The predicted octanol–water partition coefficient (Wildman–Crippen LogP) is 3.56. The van der Waals surface area contributed by atoms with Crippen molar-refractivity contribution in [3.8, 4) is 29.6 Å². The van der Waals surface area contributed by atoms with Gasteiger partial charge < -0.3 is 24.4 Å². The van der Waals surface area contributed by atoms with Gasteiger partial charge in [-0.1, -0.05) is 30.2 Å². The zero-order valence-electron chi connectivity index (χ0n) is 16.9. The van der Waals surface area contributed by atoms with Crippen molar-refractivity contribution < 1.29 is 19.0 Å². The Bertz CT molecular complexity index is 920. The van der Waals surface area contributed by atoms with Crippen LogP contribution in [0.5, 0.6) is 17.2 Å². The number of urea groups is 1. The summed E-state index contributed by atoms with van der Waals surface area (Å²) in [5, 5.41) is 3.06. The number of amides is 2. The summed E-state index contributed by atoms with van der Waals surface area (Å²) in [6.07, 6.45) is 7.84. The van der Waals surface area contributed by atoms with E-state index in [0.29, 0.717) is 19.8 Å². The molecule has 1 N–H and O–H groups in total. The molecule has 30 heavy (non-hydrogen) atoms. The van der Waals surface area contributed by atoms with E-state index in [0.717, 1.165) is 54.2 Å². The van der Waals surface area contributed by atoms with Crippen LogP contribution in [0.25, 0.3) is 0 Å². The first-order valence-corrected chi connectivity index (χ1v) is 10.3. The van der Waals surface area contributed by atoms with E-state index in [1.807, 2.05) is 47.4 Å². The van der Waals surface area contributed by atoms with Crippen LogP contribution in [-0.2, 0) is 6.42 Å². The normalized spacial score (nSPS) is 17.3. The monoisotopic (exact) mass is 406 g/mol. The van der Waals surface area contributed by atoms with Crippen LogP contribution in [0.3, 0.4) is 0 Å². The Kier molecular flexibility index (Phi) is 6.29. The Labute approximate surface area is 177 Å². The van der Waals surface area contributed by atoms with Crippen LogP contribution in [0.4, 0.5) is 4.79 Å². The van der Waals surface area contributed by atoms with Crippen molar-refractivity contribution in [2.75, 3.05) is 32.9 Å². The fourth-order valence-electron chi connectivity index (χ4n) is 3.98. The minimum Gasteiger partial charge on any atom is -0.486 e. The molecule has 1 unspecified atom stereocenters. The Morgan fingerprint density at radius 3 is 2.87 bits per heavy atom. The number of nitrogens with zero attached hydrogens (tertiary/aromatic N) is 1. The molecule has 2 heterocycles. The molecule has 0 spiro atoms. The highest BCUT2D eigenvalue weighted by atomic mass is 16.6. The molecule has 0 saturated carbocycles. The summed E-state index contributed by atoms with van der Waals surface area (Å²) < 4.78 is 16.9. The summed E-state index contributed by atoms with van der Waals surface area (Å²) in [7, 11) is 0. The average Bonchev–Trinajstić information content (AvgIpc) is 3.28. The van der Waals surface area contributed by atoms with E-state index in [2.05, 4.69) is 11.2 Å². The van der Waals surface area contributed by atoms with Gasteiger partial charge in [0.25, 0.3) is 0 Å². The lowest BCUT2D eigenvalue weighted by Gasteiger charge is -2.29. The van der Waals surface area contributed by atoms with Gasteiger partial charge in [0.05, 0.1) is 6.04 Å².